The zero-order valence-electron chi connectivity index (χ0n) is 29.7. The topological polar surface area (TPSA) is 82.3 Å². The maximum atomic E-state index is 5.17. The third-order valence-electron chi connectivity index (χ3n) is 10.2. The van der Waals surface area contributed by atoms with Crippen LogP contribution in [0.15, 0.2) is 176 Å². The lowest BCUT2D eigenvalue weighted by Crippen LogP contribution is -2.10. The molecule has 55 heavy (non-hydrogen) atoms. The highest BCUT2D eigenvalue weighted by atomic mass is 15.0. The Morgan fingerprint density at radius 1 is 0.491 bits per heavy atom. The molecule has 9 aromatic rings. The Hall–Kier alpha value is -7.38. The van der Waals surface area contributed by atoms with Gasteiger partial charge in [0.2, 0.25) is 0 Å². The van der Waals surface area contributed by atoms with Gasteiger partial charge < -0.3 is 4.57 Å². The summed E-state index contributed by atoms with van der Waals surface area (Å²) >= 11 is 0. The predicted molar refractivity (Wildman–Crippen MR) is 219 cm³/mol. The second kappa shape index (κ2) is 13.9. The predicted octanol–water partition coefficient (Wildman–Crippen LogP) is 10.7. The van der Waals surface area contributed by atoms with Crippen LogP contribution in [0.25, 0.3) is 79.3 Å². The van der Waals surface area contributed by atoms with Gasteiger partial charge in [-0.15, -0.1) is 0 Å². The number of hydrogen-bond donors (Lipinski definition) is 0. The second-order valence-electron chi connectivity index (χ2n) is 13.6. The Morgan fingerprint density at radius 3 is 1.78 bits per heavy atom. The Morgan fingerprint density at radius 2 is 1.09 bits per heavy atom. The molecule has 1 atom stereocenters. The van der Waals surface area contributed by atoms with Crippen LogP contribution in [0.2, 0.25) is 0 Å². The number of nitrogens with zero attached hydrogens (tertiary/aromatic N) is 7. The summed E-state index contributed by atoms with van der Waals surface area (Å²) in [7, 11) is 0. The Balaban J connectivity index is 1.09. The van der Waals surface area contributed by atoms with Gasteiger partial charge in [0.1, 0.15) is 0 Å². The van der Waals surface area contributed by atoms with Crippen LogP contribution in [0.3, 0.4) is 0 Å². The summed E-state index contributed by atoms with van der Waals surface area (Å²) in [4.78, 5) is 29.1. The standard InChI is InChI=1S/C48H33N7/c1-3-12-32(13-4-1)46-52-47(54-48(53-46)38-27-42(36-16-10-24-49-30-36)51-43(28-38)37-17-11-25-50-31-37)35-15-9-14-33(26-35)34-22-23-41-40-20-7-8-21-44(40)55(45(41)29-34)39-18-5-2-6-19-39/h1-28,30-31,34H,29H2. The van der Waals surface area contributed by atoms with E-state index in [1.54, 1.807) is 12.4 Å². The van der Waals surface area contributed by atoms with E-state index >= 15 is 0 Å². The van der Waals surface area contributed by atoms with E-state index in [0.717, 1.165) is 45.6 Å². The fourth-order valence-corrected chi connectivity index (χ4v) is 7.54. The largest absolute Gasteiger partial charge is 0.313 e. The minimum Gasteiger partial charge on any atom is -0.313 e. The monoisotopic (exact) mass is 707 g/mol. The number of aromatic nitrogens is 7. The van der Waals surface area contributed by atoms with Gasteiger partial charge in [-0.2, -0.15) is 0 Å². The minimum atomic E-state index is 0.165. The first kappa shape index (κ1) is 32.3. The summed E-state index contributed by atoms with van der Waals surface area (Å²) in [5.41, 5.74) is 12.2. The van der Waals surface area contributed by atoms with Crippen molar-refractivity contribution >= 4 is 17.0 Å². The molecule has 260 valence electrons. The maximum Gasteiger partial charge on any atom is 0.164 e. The molecule has 0 fully saturated rings. The molecule has 1 aliphatic carbocycles. The van der Waals surface area contributed by atoms with Crippen LogP contribution in [0, 0.1) is 0 Å². The quantitative estimate of drug-likeness (QED) is 0.164. The van der Waals surface area contributed by atoms with Gasteiger partial charge in [0.25, 0.3) is 0 Å². The second-order valence-corrected chi connectivity index (χ2v) is 13.6. The van der Waals surface area contributed by atoms with Gasteiger partial charge >= 0.3 is 0 Å². The summed E-state index contributed by atoms with van der Waals surface area (Å²) in [5.74, 6) is 1.93. The molecule has 0 radical (unpaired) electrons. The Bertz CT molecular complexity index is 2780. The molecule has 10 rings (SSSR count). The molecule has 7 heteroatoms. The Kier molecular flexibility index (Phi) is 8.15. The van der Waals surface area contributed by atoms with Crippen LogP contribution < -0.4 is 0 Å². The average Bonchev–Trinajstić information content (AvgIpc) is 3.61. The molecule has 5 aromatic heterocycles. The molecule has 1 unspecified atom stereocenters. The molecule has 4 aromatic carbocycles. The lowest BCUT2D eigenvalue weighted by Gasteiger charge is -2.21. The van der Waals surface area contributed by atoms with Crippen LogP contribution in [-0.2, 0) is 6.42 Å². The minimum absolute atomic E-state index is 0.165. The fraction of sp³-hybridized carbons (Fsp3) is 0.0417. The van der Waals surface area contributed by atoms with Crippen LogP contribution >= 0.6 is 0 Å². The number of para-hydroxylation sites is 2. The third kappa shape index (κ3) is 6.17. The van der Waals surface area contributed by atoms with E-state index in [9.17, 15) is 0 Å². The number of hydrogen-bond acceptors (Lipinski definition) is 6. The zero-order valence-corrected chi connectivity index (χ0v) is 29.7. The first-order chi connectivity index (χ1) is 27.2. The molecular weight excluding hydrogens is 675 g/mol. The SMILES string of the molecule is C1=CC(c2cccc(-c3nc(-c4ccccc4)nc(-c4cc(-c5cccnc5)nc(-c5cccnc5)c4)n3)c2)Cc2c1c1ccccc1n2-c1ccccc1. The molecule has 0 saturated carbocycles. The van der Waals surface area contributed by atoms with E-state index in [1.165, 1.54) is 33.4 Å². The van der Waals surface area contributed by atoms with E-state index in [1.807, 2.05) is 79.1 Å². The molecule has 0 saturated heterocycles. The zero-order chi connectivity index (χ0) is 36.6. The van der Waals surface area contributed by atoms with E-state index in [4.69, 9.17) is 19.9 Å². The van der Waals surface area contributed by atoms with Crippen molar-refractivity contribution in [2.45, 2.75) is 12.3 Å². The lowest BCUT2D eigenvalue weighted by molar-refractivity contribution is 0.783. The number of pyridine rings is 3. The van der Waals surface area contributed by atoms with Crippen LogP contribution in [0.4, 0.5) is 0 Å². The molecule has 1 aliphatic rings. The Labute approximate surface area is 318 Å². The van der Waals surface area contributed by atoms with Crippen molar-refractivity contribution < 1.29 is 0 Å². The van der Waals surface area contributed by atoms with E-state index in [2.05, 4.69) is 106 Å². The summed E-state index contributed by atoms with van der Waals surface area (Å²) in [5, 5.41) is 1.27. The summed E-state index contributed by atoms with van der Waals surface area (Å²) < 4.78 is 2.42. The van der Waals surface area contributed by atoms with Gasteiger partial charge in [-0.05, 0) is 72.6 Å². The molecule has 0 spiro atoms. The molecule has 0 amide bonds. The number of benzene rings is 4. The molecular formula is C48H33N7. The van der Waals surface area contributed by atoms with Crippen molar-refractivity contribution in [1.29, 1.82) is 0 Å². The first-order valence-corrected chi connectivity index (χ1v) is 18.4. The average molecular weight is 708 g/mol. The van der Waals surface area contributed by atoms with Crippen molar-refractivity contribution in [3.63, 3.8) is 0 Å². The fourth-order valence-electron chi connectivity index (χ4n) is 7.54. The maximum absolute atomic E-state index is 5.17. The van der Waals surface area contributed by atoms with E-state index in [0.29, 0.717) is 17.5 Å². The summed E-state index contributed by atoms with van der Waals surface area (Å²) in [6.45, 7) is 0. The first-order valence-electron chi connectivity index (χ1n) is 18.4. The highest BCUT2D eigenvalue weighted by Gasteiger charge is 2.24. The van der Waals surface area contributed by atoms with Gasteiger partial charge in [0, 0.05) is 80.9 Å². The van der Waals surface area contributed by atoms with Crippen molar-refractivity contribution in [3.05, 3.63) is 193 Å². The van der Waals surface area contributed by atoms with Crippen molar-refractivity contribution in [2.75, 3.05) is 0 Å². The van der Waals surface area contributed by atoms with Crippen LogP contribution in [-0.4, -0.2) is 34.5 Å². The van der Waals surface area contributed by atoms with E-state index < -0.39 is 0 Å². The van der Waals surface area contributed by atoms with Gasteiger partial charge in [0.05, 0.1) is 16.9 Å². The smallest absolute Gasteiger partial charge is 0.164 e. The summed E-state index contributed by atoms with van der Waals surface area (Å²) in [6.07, 6.45) is 12.7. The highest BCUT2D eigenvalue weighted by molar-refractivity contribution is 5.93. The third-order valence-corrected chi connectivity index (χ3v) is 10.2. The van der Waals surface area contributed by atoms with Crippen molar-refractivity contribution in [2.24, 2.45) is 0 Å². The number of rotatable bonds is 7. The molecule has 0 bridgehead atoms. The highest BCUT2D eigenvalue weighted by Crippen LogP contribution is 2.39. The molecule has 0 N–H and O–H groups in total. The van der Waals surface area contributed by atoms with Crippen LogP contribution in [0.5, 0.6) is 0 Å². The molecule has 0 aliphatic heterocycles. The normalized spacial score (nSPS) is 13.5. The van der Waals surface area contributed by atoms with Crippen LogP contribution in [0.1, 0.15) is 22.7 Å². The van der Waals surface area contributed by atoms with Gasteiger partial charge in [0.15, 0.2) is 17.5 Å². The summed E-state index contributed by atoms with van der Waals surface area (Å²) in [6, 6.07) is 50.0. The number of allylic oxidation sites excluding steroid dienone is 1. The molecule has 5 heterocycles. The number of fused-ring (bicyclic) bond motifs is 3. The van der Waals surface area contributed by atoms with Gasteiger partial charge in [-0.25, -0.2) is 19.9 Å². The van der Waals surface area contributed by atoms with Crippen molar-refractivity contribution in [3.8, 4) is 62.4 Å². The van der Waals surface area contributed by atoms with Gasteiger partial charge in [-0.3, -0.25) is 9.97 Å². The van der Waals surface area contributed by atoms with Gasteiger partial charge in [-0.1, -0.05) is 97.1 Å². The molecule has 7 nitrogen and oxygen atoms in total. The lowest BCUT2D eigenvalue weighted by atomic mass is 9.87. The van der Waals surface area contributed by atoms with E-state index in [-0.39, 0.29) is 5.92 Å². The van der Waals surface area contributed by atoms with Crippen molar-refractivity contribution in [1.82, 2.24) is 34.5 Å².